The van der Waals surface area contributed by atoms with Gasteiger partial charge in [-0.05, 0) is 56.9 Å². The second kappa shape index (κ2) is 17.7. The van der Waals surface area contributed by atoms with Crippen LogP contribution in [0.1, 0.15) is 85.3 Å². The first-order valence-electron chi connectivity index (χ1n) is 18.3. The van der Waals surface area contributed by atoms with Crippen molar-refractivity contribution >= 4 is 37.0 Å². The van der Waals surface area contributed by atoms with E-state index in [1.165, 1.54) is 23.8 Å². The third kappa shape index (κ3) is 9.38. The number of nitrogens with zero attached hydrogens (tertiary/aromatic N) is 4. The molecule has 3 heterocycles. The number of carbonyl (C=O) groups is 3. The van der Waals surface area contributed by atoms with E-state index in [0.717, 1.165) is 44.9 Å². The molecule has 1 aromatic carbocycles. The van der Waals surface area contributed by atoms with Crippen LogP contribution >= 0.6 is 7.75 Å². The van der Waals surface area contributed by atoms with E-state index >= 15 is 0 Å². The number of rotatable bonds is 14. The summed E-state index contributed by atoms with van der Waals surface area (Å²) in [6.45, 7) is 7.29. The average molecular weight is 769 g/mol. The number of anilines is 1. The maximum atomic E-state index is 14.6. The highest BCUT2D eigenvalue weighted by atomic mass is 31.2. The lowest BCUT2D eigenvalue weighted by atomic mass is 9.92. The van der Waals surface area contributed by atoms with Gasteiger partial charge >= 0.3 is 25.7 Å². The van der Waals surface area contributed by atoms with Gasteiger partial charge in [0.25, 0.3) is 0 Å². The highest BCUT2D eigenvalue weighted by Gasteiger charge is 2.63. The van der Waals surface area contributed by atoms with Crippen molar-refractivity contribution in [3.05, 3.63) is 54.5 Å². The molecule has 1 saturated carbocycles. The fourth-order valence-corrected chi connectivity index (χ4v) is 7.81. The van der Waals surface area contributed by atoms with Gasteiger partial charge in [0.15, 0.2) is 18.0 Å². The minimum atomic E-state index is -4.48. The number of nitrogens with one attached hydrogen (secondary N) is 1. The van der Waals surface area contributed by atoms with E-state index in [-0.39, 0.29) is 23.4 Å². The van der Waals surface area contributed by atoms with Crippen LogP contribution in [0.3, 0.4) is 0 Å². The van der Waals surface area contributed by atoms with E-state index in [0.29, 0.717) is 5.52 Å². The number of hydrogen-bond acceptors (Lipinski definition) is 14. The molecule has 2 aromatic heterocycles. The van der Waals surface area contributed by atoms with Crippen LogP contribution in [0.4, 0.5) is 5.82 Å². The van der Waals surface area contributed by atoms with Crippen LogP contribution in [0.15, 0.2) is 48.8 Å². The lowest BCUT2D eigenvalue weighted by molar-refractivity contribution is -0.173. The molecule has 5 rings (SSSR count). The highest BCUT2D eigenvalue weighted by Crippen LogP contribution is 2.48. The Morgan fingerprint density at radius 1 is 0.963 bits per heavy atom. The molecule has 0 spiro atoms. The molecule has 1 unspecified atom stereocenters. The van der Waals surface area contributed by atoms with Crippen LogP contribution in [-0.2, 0) is 48.0 Å². The van der Waals surface area contributed by atoms with Crippen LogP contribution in [0.5, 0.6) is 5.75 Å². The second-order valence-corrected chi connectivity index (χ2v) is 15.9. The Morgan fingerprint density at radius 3 is 2.26 bits per heavy atom. The number of para-hydroxylation sites is 1. The minimum Gasteiger partial charge on any atom is -0.461 e. The fraction of sp³-hybridized carbons (Fsp3) is 0.568. The summed E-state index contributed by atoms with van der Waals surface area (Å²) in [5.74, 6) is -3.04. The van der Waals surface area contributed by atoms with Gasteiger partial charge in [0.2, 0.25) is 5.60 Å². The van der Waals surface area contributed by atoms with E-state index in [2.05, 4.69) is 21.2 Å². The predicted octanol–water partition coefficient (Wildman–Crippen LogP) is 5.40. The lowest BCUT2D eigenvalue weighted by Crippen LogP contribution is -2.47. The van der Waals surface area contributed by atoms with Crippen LogP contribution in [-0.4, -0.2) is 69.6 Å². The first-order valence-corrected chi connectivity index (χ1v) is 19.9. The van der Waals surface area contributed by atoms with Crippen molar-refractivity contribution in [1.82, 2.24) is 19.7 Å². The summed E-state index contributed by atoms with van der Waals surface area (Å²) in [5.41, 5.74) is 4.37. The summed E-state index contributed by atoms with van der Waals surface area (Å²) in [5, 5.41) is 17.9. The van der Waals surface area contributed by atoms with Gasteiger partial charge in [-0.2, -0.15) is 15.4 Å². The molecule has 2 aliphatic rings. The van der Waals surface area contributed by atoms with Gasteiger partial charge in [0.05, 0.1) is 24.1 Å². The summed E-state index contributed by atoms with van der Waals surface area (Å²) < 4.78 is 51.9. The number of benzene rings is 1. The van der Waals surface area contributed by atoms with Crippen molar-refractivity contribution in [2.75, 3.05) is 12.3 Å². The summed E-state index contributed by atoms with van der Waals surface area (Å²) in [6, 6.07) is 12.3. The molecule has 1 aliphatic heterocycles. The number of esters is 3. The molecule has 17 heteroatoms. The molecule has 2 fully saturated rings. The third-order valence-corrected chi connectivity index (χ3v) is 10.9. The number of carbonyl (C=O) groups excluding carboxylic acids is 3. The number of nitrogen functional groups attached to an aromatic ring is 1. The zero-order valence-corrected chi connectivity index (χ0v) is 32.1. The Hall–Kier alpha value is -4.55. The fourth-order valence-electron chi connectivity index (χ4n) is 6.31. The topological polar surface area (TPSA) is 216 Å². The van der Waals surface area contributed by atoms with Gasteiger partial charge in [0.1, 0.15) is 41.9 Å². The molecular weight excluding hydrogens is 719 g/mol. The summed E-state index contributed by atoms with van der Waals surface area (Å²) in [4.78, 5) is 43.7. The standard InChI is InChI=1S/C37H49N6O10P/c1-23(2)34(44)50-31-29(52-37(21-38,32(31)51-35(45)24(3)4)30-19-18-28-33(39)40-22-41-43(28)30)20-48-54(47,53-27-16-12-9-13-17-27)42-25(5)36(46)49-26-14-10-7-6-8-11-15-26/h9,12-13,16-19,22-26,29,31-32H,6-8,10-11,14-15,20H2,1-5H3,(H,42,47)(H2,39,40,41)/t25-,29+,31+,32+,37-,54?/m0/s1. The Labute approximate surface area is 314 Å². The summed E-state index contributed by atoms with van der Waals surface area (Å²) in [7, 11) is -4.48. The minimum absolute atomic E-state index is 0.0937. The van der Waals surface area contributed by atoms with E-state index < -0.39 is 74.1 Å². The van der Waals surface area contributed by atoms with Crippen LogP contribution in [0, 0.1) is 23.2 Å². The van der Waals surface area contributed by atoms with Crippen molar-refractivity contribution in [1.29, 1.82) is 5.26 Å². The number of aromatic nitrogens is 3. The van der Waals surface area contributed by atoms with Crippen LogP contribution in [0.25, 0.3) is 5.52 Å². The van der Waals surface area contributed by atoms with Crippen LogP contribution in [0.2, 0.25) is 0 Å². The molecular formula is C37H49N6O10P. The quantitative estimate of drug-likeness (QED) is 0.119. The van der Waals surface area contributed by atoms with E-state index in [9.17, 15) is 24.2 Å². The largest absolute Gasteiger partial charge is 0.461 e. The van der Waals surface area contributed by atoms with Crippen molar-refractivity contribution in [3.63, 3.8) is 0 Å². The van der Waals surface area contributed by atoms with Crippen molar-refractivity contribution < 1.29 is 46.9 Å². The summed E-state index contributed by atoms with van der Waals surface area (Å²) >= 11 is 0. The Bertz CT molecular complexity index is 1860. The molecule has 3 aromatic rings. The monoisotopic (exact) mass is 768 g/mol. The van der Waals surface area contributed by atoms with Crippen molar-refractivity contribution in [3.8, 4) is 11.8 Å². The second-order valence-electron chi connectivity index (χ2n) is 14.2. The van der Waals surface area contributed by atoms with Gasteiger partial charge in [-0.1, -0.05) is 65.2 Å². The van der Waals surface area contributed by atoms with E-state index in [4.69, 9.17) is 33.7 Å². The van der Waals surface area contributed by atoms with Crippen LogP contribution < -0.4 is 15.3 Å². The smallest absolute Gasteiger partial charge is 0.459 e. The molecule has 16 nitrogen and oxygen atoms in total. The molecule has 1 aliphatic carbocycles. The molecule has 292 valence electrons. The average Bonchev–Trinajstić information content (AvgIpc) is 3.69. The molecule has 0 bridgehead atoms. The Balaban J connectivity index is 1.49. The maximum Gasteiger partial charge on any atom is 0.459 e. The summed E-state index contributed by atoms with van der Waals surface area (Å²) in [6.07, 6.45) is 3.16. The molecule has 3 N–H and O–H groups in total. The van der Waals surface area contributed by atoms with E-state index in [1.807, 2.05) is 0 Å². The molecule has 0 amide bonds. The zero-order chi connectivity index (χ0) is 39.0. The SMILES string of the molecule is CC(C)C(=O)O[C@H]1[C@@H](OC(=O)C(C)C)[C@](C#N)(c2ccc3c(N)ncnn23)O[C@@H]1COP(=O)(N[C@@H](C)C(=O)OC1CCCCCCC1)Oc1ccccc1. The molecule has 1 saturated heterocycles. The predicted molar refractivity (Wildman–Crippen MR) is 194 cm³/mol. The van der Waals surface area contributed by atoms with Gasteiger partial charge in [-0.15, -0.1) is 0 Å². The highest BCUT2D eigenvalue weighted by molar-refractivity contribution is 7.52. The zero-order valence-electron chi connectivity index (χ0n) is 31.2. The normalized spacial score (nSPS) is 23.9. The number of fused-ring (bicyclic) bond motifs is 1. The van der Waals surface area contributed by atoms with Gasteiger partial charge in [0, 0.05) is 0 Å². The van der Waals surface area contributed by atoms with Gasteiger partial charge in [-0.3, -0.25) is 18.9 Å². The van der Waals surface area contributed by atoms with Crippen molar-refractivity contribution in [2.24, 2.45) is 11.8 Å². The molecule has 0 radical (unpaired) electrons. The number of hydrogen-bond donors (Lipinski definition) is 2. The Morgan fingerprint density at radius 2 is 1.61 bits per heavy atom. The van der Waals surface area contributed by atoms with Crippen molar-refractivity contribution in [2.45, 2.75) is 116 Å². The Kier molecular flexibility index (Phi) is 13.3. The maximum absolute atomic E-state index is 14.6. The number of ether oxygens (including phenoxy) is 4. The molecule has 54 heavy (non-hydrogen) atoms. The van der Waals surface area contributed by atoms with E-state index in [1.54, 1.807) is 64.1 Å². The first kappa shape index (κ1) is 40.6. The number of nitriles is 1. The first-order chi connectivity index (χ1) is 25.8. The number of nitrogens with two attached hydrogens (primary N) is 1. The lowest BCUT2D eigenvalue weighted by Gasteiger charge is -2.29. The van der Waals surface area contributed by atoms with Gasteiger partial charge in [-0.25, -0.2) is 14.1 Å². The molecule has 6 atom stereocenters. The van der Waals surface area contributed by atoms with Gasteiger partial charge < -0.3 is 29.2 Å². The third-order valence-electron chi connectivity index (χ3n) is 9.29.